The summed E-state index contributed by atoms with van der Waals surface area (Å²) >= 11 is 0. The van der Waals surface area contributed by atoms with E-state index in [1.165, 1.54) is 0 Å². The molecule has 0 atom stereocenters. The molecule has 7 nitrogen and oxygen atoms in total. The highest BCUT2D eigenvalue weighted by molar-refractivity contribution is 5.54. The molecule has 3 aromatic heterocycles. The molecule has 3 heterocycles. The molecule has 3 N–H and O–H groups in total. The van der Waals surface area contributed by atoms with Gasteiger partial charge < -0.3 is 10.2 Å². The van der Waals surface area contributed by atoms with Gasteiger partial charge in [0.15, 0.2) is 5.82 Å². The Bertz CT molecular complexity index is 666. The fraction of sp³-hybridized carbons (Fsp3) is 0. The van der Waals surface area contributed by atoms with Gasteiger partial charge in [-0.05, 0) is 12.1 Å². The van der Waals surface area contributed by atoms with E-state index in [4.69, 9.17) is 10.6 Å². The lowest BCUT2D eigenvalue weighted by Gasteiger charge is -2.07. The van der Waals surface area contributed by atoms with Crippen LogP contribution in [-0.2, 0) is 0 Å². The predicted octanol–water partition coefficient (Wildman–Crippen LogP) is 1.20. The Labute approximate surface area is 102 Å². The summed E-state index contributed by atoms with van der Waals surface area (Å²) in [6, 6.07) is 3.57. The Morgan fingerprint density at radius 3 is 3.06 bits per heavy atom. The van der Waals surface area contributed by atoms with Gasteiger partial charge in [0.1, 0.15) is 5.75 Å². The van der Waals surface area contributed by atoms with Crippen LogP contribution in [0.1, 0.15) is 0 Å². The number of pyridine rings is 1. The molecular weight excluding hydrogens is 232 g/mol. The van der Waals surface area contributed by atoms with E-state index in [1.54, 1.807) is 47.5 Å². The number of rotatable bonds is 3. The smallest absolute Gasteiger partial charge is 0.265 e. The molecule has 0 aliphatic heterocycles. The third-order valence-electron chi connectivity index (χ3n) is 2.34. The fourth-order valence-corrected chi connectivity index (χ4v) is 1.56. The van der Waals surface area contributed by atoms with E-state index in [9.17, 15) is 0 Å². The minimum atomic E-state index is 0.364. The summed E-state index contributed by atoms with van der Waals surface area (Å²) in [6.07, 6.45) is 8.44. The molecule has 0 saturated carbocycles. The van der Waals surface area contributed by atoms with Gasteiger partial charge in [0.25, 0.3) is 5.88 Å². The molecule has 0 spiro atoms. The molecule has 18 heavy (non-hydrogen) atoms. The second-order valence-electron chi connectivity index (χ2n) is 3.52. The van der Waals surface area contributed by atoms with Crippen LogP contribution in [0.5, 0.6) is 11.6 Å². The third-order valence-corrected chi connectivity index (χ3v) is 2.34. The molecule has 0 fully saturated rings. The summed E-state index contributed by atoms with van der Waals surface area (Å²) in [4.78, 5) is 12.4. The zero-order chi connectivity index (χ0) is 12.4. The largest absolute Gasteiger partial charge is 0.434 e. The quantitative estimate of drug-likeness (QED) is 0.530. The van der Waals surface area contributed by atoms with Gasteiger partial charge in [-0.1, -0.05) is 0 Å². The molecule has 0 saturated heterocycles. The van der Waals surface area contributed by atoms with E-state index in [-0.39, 0.29) is 0 Å². The van der Waals surface area contributed by atoms with Gasteiger partial charge >= 0.3 is 0 Å². The third kappa shape index (κ3) is 1.82. The number of nitrogen functional groups attached to an aromatic ring is 1. The Morgan fingerprint density at radius 1 is 1.33 bits per heavy atom. The predicted molar refractivity (Wildman–Crippen MR) is 65.1 cm³/mol. The van der Waals surface area contributed by atoms with Gasteiger partial charge in [-0.25, -0.2) is 10.8 Å². The zero-order valence-corrected chi connectivity index (χ0v) is 9.32. The monoisotopic (exact) mass is 242 g/mol. The van der Waals surface area contributed by atoms with Crippen LogP contribution in [0.4, 0.5) is 5.82 Å². The number of hydrogen-bond donors (Lipinski definition) is 2. The minimum Gasteiger partial charge on any atom is -0.434 e. The number of imidazole rings is 1. The number of ether oxygens (including phenoxy) is 1. The van der Waals surface area contributed by atoms with Crippen molar-refractivity contribution in [3.63, 3.8) is 0 Å². The molecule has 0 unspecified atom stereocenters. The van der Waals surface area contributed by atoms with Crippen molar-refractivity contribution in [3.8, 4) is 11.6 Å². The maximum Gasteiger partial charge on any atom is 0.265 e. The Hall–Kier alpha value is -2.67. The summed E-state index contributed by atoms with van der Waals surface area (Å²) in [5.41, 5.74) is 3.09. The van der Waals surface area contributed by atoms with Crippen molar-refractivity contribution in [2.24, 2.45) is 5.84 Å². The average molecular weight is 242 g/mol. The second-order valence-corrected chi connectivity index (χ2v) is 3.52. The van der Waals surface area contributed by atoms with Crippen LogP contribution in [0.2, 0.25) is 0 Å². The first-order valence-electron chi connectivity index (χ1n) is 5.25. The number of hydrogen-bond acceptors (Lipinski definition) is 6. The zero-order valence-electron chi connectivity index (χ0n) is 9.32. The van der Waals surface area contributed by atoms with E-state index in [0.29, 0.717) is 23.1 Å². The molecule has 0 bridgehead atoms. The highest BCUT2D eigenvalue weighted by atomic mass is 16.5. The molecule has 3 rings (SSSR count). The molecule has 0 amide bonds. The highest BCUT2D eigenvalue weighted by Gasteiger charge is 2.09. The summed E-state index contributed by atoms with van der Waals surface area (Å²) in [5, 5.41) is 0. The maximum absolute atomic E-state index is 5.64. The first-order chi connectivity index (χ1) is 8.86. The van der Waals surface area contributed by atoms with Crippen molar-refractivity contribution in [1.29, 1.82) is 0 Å². The summed E-state index contributed by atoms with van der Waals surface area (Å²) < 4.78 is 7.41. The molecule has 90 valence electrons. The van der Waals surface area contributed by atoms with Crippen LogP contribution in [0, 0.1) is 0 Å². The van der Waals surface area contributed by atoms with E-state index in [2.05, 4.69) is 20.4 Å². The number of hydrazine groups is 1. The molecule has 3 aromatic rings. The van der Waals surface area contributed by atoms with Crippen LogP contribution in [0.25, 0.3) is 5.65 Å². The molecule has 0 aliphatic carbocycles. The van der Waals surface area contributed by atoms with Crippen LogP contribution in [0.15, 0.2) is 43.1 Å². The fourth-order valence-electron chi connectivity index (χ4n) is 1.56. The van der Waals surface area contributed by atoms with Crippen molar-refractivity contribution in [2.75, 3.05) is 5.43 Å². The Kier molecular flexibility index (Phi) is 2.50. The van der Waals surface area contributed by atoms with Crippen molar-refractivity contribution in [2.45, 2.75) is 0 Å². The SMILES string of the molecule is NNc1cn2ccnc2c(Oc2cccnc2)n1. The first-order valence-corrected chi connectivity index (χ1v) is 5.25. The molecule has 7 heteroatoms. The second kappa shape index (κ2) is 4.30. The summed E-state index contributed by atoms with van der Waals surface area (Å²) in [6.45, 7) is 0. The van der Waals surface area contributed by atoms with Crippen LogP contribution >= 0.6 is 0 Å². The Morgan fingerprint density at radius 2 is 2.28 bits per heavy atom. The van der Waals surface area contributed by atoms with Gasteiger partial charge in [0, 0.05) is 18.6 Å². The number of nitrogens with two attached hydrogens (primary N) is 1. The van der Waals surface area contributed by atoms with Gasteiger partial charge in [-0.15, -0.1) is 0 Å². The van der Waals surface area contributed by atoms with E-state index in [0.717, 1.165) is 0 Å². The summed E-state index contributed by atoms with van der Waals surface area (Å²) in [5.74, 6) is 6.79. The maximum atomic E-state index is 5.64. The van der Waals surface area contributed by atoms with Crippen molar-refractivity contribution >= 4 is 11.5 Å². The number of nitrogens with one attached hydrogen (secondary N) is 1. The minimum absolute atomic E-state index is 0.364. The lowest BCUT2D eigenvalue weighted by molar-refractivity contribution is 0.463. The van der Waals surface area contributed by atoms with Crippen LogP contribution in [-0.4, -0.2) is 19.4 Å². The number of anilines is 1. The van der Waals surface area contributed by atoms with Crippen LogP contribution < -0.4 is 16.0 Å². The summed E-state index contributed by atoms with van der Waals surface area (Å²) in [7, 11) is 0. The van der Waals surface area contributed by atoms with E-state index >= 15 is 0 Å². The molecule has 0 radical (unpaired) electrons. The molecule has 0 aliphatic rings. The highest BCUT2D eigenvalue weighted by Crippen LogP contribution is 2.23. The van der Waals surface area contributed by atoms with E-state index < -0.39 is 0 Å². The Balaban J connectivity index is 2.07. The average Bonchev–Trinajstić information content (AvgIpc) is 2.88. The van der Waals surface area contributed by atoms with Gasteiger partial charge in [0.05, 0.1) is 12.4 Å². The number of nitrogens with zero attached hydrogens (tertiary/aromatic N) is 4. The van der Waals surface area contributed by atoms with Gasteiger partial charge in [-0.2, -0.15) is 4.98 Å². The topological polar surface area (TPSA) is 90.4 Å². The number of fused-ring (bicyclic) bond motifs is 1. The van der Waals surface area contributed by atoms with Crippen molar-refractivity contribution < 1.29 is 4.74 Å². The molecular formula is C11H10N6O. The van der Waals surface area contributed by atoms with Gasteiger partial charge in [-0.3, -0.25) is 9.38 Å². The molecule has 0 aromatic carbocycles. The normalized spacial score (nSPS) is 10.5. The standard InChI is InChI=1S/C11H10N6O/c12-16-9-7-17-5-4-14-10(17)11(15-9)18-8-2-1-3-13-6-8/h1-7,16H,12H2. The lowest BCUT2D eigenvalue weighted by Crippen LogP contribution is -2.10. The van der Waals surface area contributed by atoms with Crippen molar-refractivity contribution in [1.82, 2.24) is 19.4 Å². The lowest BCUT2D eigenvalue weighted by atomic mass is 10.5. The first kappa shape index (κ1) is 10.5. The van der Waals surface area contributed by atoms with E-state index in [1.807, 2.05) is 0 Å². The van der Waals surface area contributed by atoms with Gasteiger partial charge in [0.2, 0.25) is 5.65 Å². The van der Waals surface area contributed by atoms with Crippen LogP contribution in [0.3, 0.4) is 0 Å². The van der Waals surface area contributed by atoms with Crippen molar-refractivity contribution in [3.05, 3.63) is 43.1 Å². The number of aromatic nitrogens is 4.